The molecule has 188 valence electrons. The number of benzene rings is 3. The van der Waals surface area contributed by atoms with Crippen molar-refractivity contribution in [1.29, 1.82) is 5.26 Å². The van der Waals surface area contributed by atoms with Crippen molar-refractivity contribution in [1.82, 2.24) is 34.7 Å². The van der Waals surface area contributed by atoms with E-state index < -0.39 is 15.8 Å². The molecule has 0 aliphatic rings. The summed E-state index contributed by atoms with van der Waals surface area (Å²) in [5, 5.41) is 26.9. The molecule has 6 aromatic rings. The number of imidazole rings is 1. The van der Waals surface area contributed by atoms with Gasteiger partial charge < -0.3 is 9.97 Å². The van der Waals surface area contributed by atoms with Crippen LogP contribution in [0.2, 0.25) is 0 Å². The number of aromatic nitrogens is 7. The molecule has 0 fully saturated rings. The second kappa shape index (κ2) is 8.47. The molecule has 4 N–H and O–H groups in total. The van der Waals surface area contributed by atoms with Gasteiger partial charge in [0.25, 0.3) is 0 Å². The van der Waals surface area contributed by atoms with Gasteiger partial charge in [0.2, 0.25) is 10.0 Å². The van der Waals surface area contributed by atoms with Crippen molar-refractivity contribution >= 4 is 32.1 Å². The van der Waals surface area contributed by atoms with Crippen LogP contribution in [0.15, 0.2) is 70.5 Å². The standard InChI is InChI=1S/C24H16FN9O3S/c25-17-8-15(9-21-23(17)31-32-34(21)16-3-4-18-19(10-16)30-24(35)29-18)20-5-6-28-33(20)12-14-2-1-13(11-26)7-22(14)38(27,36)37/h1-10H,12H2,(H2,27,36,37)(H2,29,30,35). The SMILES string of the molecule is N#Cc1ccc(Cn2nccc2-c2cc(F)c3nnn(-c4ccc5[nH]c(=O)[nH]c5c4)c3c2)c(S(N)(=O)=O)c1. The molecular formula is C24H16FN9O3S. The number of H-pyrrole nitrogens is 2. The third-order valence-electron chi connectivity index (χ3n) is 6.08. The zero-order valence-corrected chi connectivity index (χ0v) is 20.1. The van der Waals surface area contributed by atoms with E-state index in [9.17, 15) is 13.2 Å². The Labute approximate surface area is 212 Å². The molecule has 0 spiro atoms. The monoisotopic (exact) mass is 529 g/mol. The zero-order chi connectivity index (χ0) is 26.6. The molecule has 0 atom stereocenters. The molecular weight excluding hydrogens is 513 g/mol. The van der Waals surface area contributed by atoms with Crippen LogP contribution in [0.1, 0.15) is 11.1 Å². The summed E-state index contributed by atoms with van der Waals surface area (Å²) in [6.45, 7) is -0.00546. The van der Waals surface area contributed by atoms with Crippen molar-refractivity contribution < 1.29 is 12.8 Å². The highest BCUT2D eigenvalue weighted by atomic mass is 32.2. The van der Waals surface area contributed by atoms with Crippen molar-refractivity contribution in [2.45, 2.75) is 11.4 Å². The number of hydrogen-bond donors (Lipinski definition) is 3. The Morgan fingerprint density at radius 2 is 1.87 bits per heavy atom. The number of nitriles is 1. The molecule has 0 unspecified atom stereocenters. The van der Waals surface area contributed by atoms with E-state index in [4.69, 9.17) is 10.4 Å². The van der Waals surface area contributed by atoms with Crippen LogP contribution in [0, 0.1) is 17.1 Å². The van der Waals surface area contributed by atoms with Crippen LogP contribution in [-0.4, -0.2) is 43.2 Å². The number of sulfonamides is 1. The molecule has 0 radical (unpaired) electrons. The van der Waals surface area contributed by atoms with Crippen LogP contribution in [0.25, 0.3) is 39.0 Å². The minimum Gasteiger partial charge on any atom is -0.306 e. The summed E-state index contributed by atoms with van der Waals surface area (Å²) in [7, 11) is -4.12. The van der Waals surface area contributed by atoms with Gasteiger partial charge in [-0.15, -0.1) is 5.10 Å². The molecule has 0 saturated carbocycles. The van der Waals surface area contributed by atoms with Gasteiger partial charge in [0.05, 0.1) is 51.0 Å². The minimum atomic E-state index is -4.12. The van der Waals surface area contributed by atoms with Crippen molar-refractivity contribution in [3.63, 3.8) is 0 Å². The van der Waals surface area contributed by atoms with E-state index in [1.165, 1.54) is 39.8 Å². The average molecular weight is 530 g/mol. The van der Waals surface area contributed by atoms with E-state index in [2.05, 4.69) is 25.4 Å². The maximum atomic E-state index is 15.2. The predicted molar refractivity (Wildman–Crippen MR) is 134 cm³/mol. The van der Waals surface area contributed by atoms with E-state index >= 15 is 4.39 Å². The molecule has 12 nitrogen and oxygen atoms in total. The van der Waals surface area contributed by atoms with Gasteiger partial charge in [-0.3, -0.25) is 4.68 Å². The number of halogens is 1. The van der Waals surface area contributed by atoms with Crippen LogP contribution in [-0.2, 0) is 16.6 Å². The summed E-state index contributed by atoms with van der Waals surface area (Å²) < 4.78 is 42.5. The Morgan fingerprint density at radius 3 is 2.66 bits per heavy atom. The van der Waals surface area contributed by atoms with Gasteiger partial charge in [0, 0.05) is 11.8 Å². The molecule has 6 rings (SSSR count). The van der Waals surface area contributed by atoms with Crippen molar-refractivity contribution in [3.05, 3.63) is 88.2 Å². The number of nitrogens with one attached hydrogen (secondary N) is 2. The zero-order valence-electron chi connectivity index (χ0n) is 19.3. The lowest BCUT2D eigenvalue weighted by Crippen LogP contribution is -2.16. The van der Waals surface area contributed by atoms with Crippen LogP contribution in [0.3, 0.4) is 0 Å². The maximum absolute atomic E-state index is 15.2. The second-order valence-corrected chi connectivity index (χ2v) is 10.0. The normalized spacial score (nSPS) is 11.8. The fraction of sp³-hybridized carbons (Fsp3) is 0.0417. The summed E-state index contributed by atoms with van der Waals surface area (Å²) in [6, 6.07) is 15.8. The highest BCUT2D eigenvalue weighted by molar-refractivity contribution is 7.89. The largest absolute Gasteiger partial charge is 0.323 e. The quantitative estimate of drug-likeness (QED) is 0.306. The van der Waals surface area contributed by atoms with Crippen LogP contribution in [0.5, 0.6) is 0 Å². The lowest BCUT2D eigenvalue weighted by atomic mass is 10.1. The van der Waals surface area contributed by atoms with E-state index in [0.29, 0.717) is 39.1 Å². The van der Waals surface area contributed by atoms with Gasteiger partial charge in [-0.2, -0.15) is 10.4 Å². The van der Waals surface area contributed by atoms with E-state index in [1.54, 1.807) is 30.3 Å². The van der Waals surface area contributed by atoms with Gasteiger partial charge in [-0.25, -0.2) is 27.4 Å². The number of rotatable bonds is 5. The van der Waals surface area contributed by atoms with Gasteiger partial charge in [0.1, 0.15) is 5.52 Å². The Morgan fingerprint density at radius 1 is 1.05 bits per heavy atom. The first-order valence-electron chi connectivity index (χ1n) is 11.1. The maximum Gasteiger partial charge on any atom is 0.323 e. The van der Waals surface area contributed by atoms with Crippen molar-refractivity contribution in [2.24, 2.45) is 5.14 Å². The first kappa shape index (κ1) is 23.3. The van der Waals surface area contributed by atoms with E-state index in [1.807, 2.05) is 6.07 Å². The van der Waals surface area contributed by atoms with Crippen molar-refractivity contribution in [2.75, 3.05) is 0 Å². The summed E-state index contributed by atoms with van der Waals surface area (Å²) >= 11 is 0. The van der Waals surface area contributed by atoms with E-state index in [-0.39, 0.29) is 28.2 Å². The lowest BCUT2D eigenvalue weighted by molar-refractivity contribution is 0.594. The molecule has 0 bridgehead atoms. The summed E-state index contributed by atoms with van der Waals surface area (Å²) in [6.07, 6.45) is 1.50. The first-order valence-corrected chi connectivity index (χ1v) is 12.6. The van der Waals surface area contributed by atoms with Crippen LogP contribution in [0.4, 0.5) is 4.39 Å². The number of primary sulfonamides is 1. The molecule has 3 aromatic heterocycles. The Bertz CT molecular complexity index is 2100. The summed E-state index contributed by atoms with van der Waals surface area (Å²) in [4.78, 5) is 16.8. The van der Waals surface area contributed by atoms with Crippen LogP contribution >= 0.6 is 0 Å². The Hall–Kier alpha value is -5.13. The van der Waals surface area contributed by atoms with E-state index in [0.717, 1.165) is 0 Å². The molecule has 0 aliphatic carbocycles. The fourth-order valence-electron chi connectivity index (χ4n) is 4.36. The number of aromatic amines is 2. The number of nitrogens with two attached hydrogens (primary N) is 1. The Balaban J connectivity index is 1.45. The predicted octanol–water partition coefficient (Wildman–Crippen LogP) is 2.16. The molecule has 3 heterocycles. The molecule has 14 heteroatoms. The highest BCUT2D eigenvalue weighted by Gasteiger charge is 2.19. The smallest absolute Gasteiger partial charge is 0.306 e. The van der Waals surface area contributed by atoms with Gasteiger partial charge in [-0.05, 0) is 54.1 Å². The second-order valence-electron chi connectivity index (χ2n) is 8.49. The molecule has 0 amide bonds. The van der Waals surface area contributed by atoms with Crippen LogP contribution < -0.4 is 10.8 Å². The molecule has 38 heavy (non-hydrogen) atoms. The number of hydrogen-bond acceptors (Lipinski definition) is 7. The Kier molecular flexibility index (Phi) is 5.19. The highest BCUT2D eigenvalue weighted by Crippen LogP contribution is 2.29. The van der Waals surface area contributed by atoms with Gasteiger partial charge in [0.15, 0.2) is 5.82 Å². The fourth-order valence-corrected chi connectivity index (χ4v) is 5.15. The molecule has 3 aromatic carbocycles. The molecule has 0 saturated heterocycles. The van der Waals surface area contributed by atoms with Crippen molar-refractivity contribution in [3.8, 4) is 23.0 Å². The topological polar surface area (TPSA) is 181 Å². The lowest BCUT2D eigenvalue weighted by Gasteiger charge is -2.12. The summed E-state index contributed by atoms with van der Waals surface area (Å²) in [5.41, 5.74) is 3.18. The molecule has 0 aliphatic heterocycles. The third kappa shape index (κ3) is 3.92. The third-order valence-corrected chi connectivity index (χ3v) is 7.08. The number of fused-ring (bicyclic) bond motifs is 2. The summed E-state index contributed by atoms with van der Waals surface area (Å²) in [5.74, 6) is -0.615. The first-order chi connectivity index (χ1) is 18.2. The van der Waals surface area contributed by atoms with Gasteiger partial charge >= 0.3 is 5.69 Å². The van der Waals surface area contributed by atoms with Gasteiger partial charge in [-0.1, -0.05) is 11.3 Å². The number of nitrogens with zero attached hydrogens (tertiary/aromatic N) is 6. The minimum absolute atomic E-state index is 0.00546. The average Bonchev–Trinajstić information content (AvgIpc) is 3.60.